The molecule has 1 aromatic rings. The summed E-state index contributed by atoms with van der Waals surface area (Å²) in [5.41, 5.74) is 0.432. The summed E-state index contributed by atoms with van der Waals surface area (Å²) in [5.74, 6) is -1.48. The topological polar surface area (TPSA) is 80.8 Å². The van der Waals surface area contributed by atoms with Crippen molar-refractivity contribution in [3.8, 4) is 0 Å². The second kappa shape index (κ2) is 6.60. The molecule has 2 aliphatic rings. The summed E-state index contributed by atoms with van der Waals surface area (Å²) >= 11 is 3.39. The summed E-state index contributed by atoms with van der Waals surface area (Å²) < 4.78 is 31.5. The molecule has 2 aliphatic heterocycles. The first-order valence-corrected chi connectivity index (χ1v) is 10.9. The van der Waals surface area contributed by atoms with E-state index in [9.17, 15) is 18.0 Å². The molecular weight excluding hydrogens is 434 g/mol. The summed E-state index contributed by atoms with van der Waals surface area (Å²) in [7, 11) is -3.64. The van der Waals surface area contributed by atoms with Crippen molar-refractivity contribution in [3.05, 3.63) is 51.1 Å². The van der Waals surface area contributed by atoms with Gasteiger partial charge in [0.2, 0.25) is 0 Å². The van der Waals surface area contributed by atoms with E-state index in [1.807, 2.05) is 6.07 Å². The van der Waals surface area contributed by atoms with Crippen molar-refractivity contribution in [3.63, 3.8) is 0 Å². The van der Waals surface area contributed by atoms with Gasteiger partial charge in [0, 0.05) is 4.47 Å². The van der Waals surface area contributed by atoms with Crippen LogP contribution in [0.2, 0.25) is 0 Å². The van der Waals surface area contributed by atoms with E-state index in [1.165, 1.54) is 6.92 Å². The molecule has 0 saturated carbocycles. The first-order chi connectivity index (χ1) is 12.4. The number of benzene rings is 1. The van der Waals surface area contributed by atoms with Crippen LogP contribution in [0.1, 0.15) is 33.3 Å². The smallest absolute Gasteiger partial charge is 0.355 e. The molecule has 3 rings (SSSR count). The fourth-order valence-corrected chi connectivity index (χ4v) is 5.52. The average Bonchev–Trinajstić information content (AvgIpc) is 2.51. The highest BCUT2D eigenvalue weighted by Crippen LogP contribution is 2.41. The number of esters is 1. The average molecular weight is 454 g/mol. The number of halogens is 1. The van der Waals surface area contributed by atoms with E-state index in [1.54, 1.807) is 45.0 Å². The second-order valence-electron chi connectivity index (χ2n) is 7.59. The van der Waals surface area contributed by atoms with Crippen LogP contribution in [0.5, 0.6) is 0 Å². The molecule has 1 unspecified atom stereocenters. The Bertz CT molecular complexity index is 1000. The molecule has 0 aliphatic carbocycles. The molecule has 8 heteroatoms. The van der Waals surface area contributed by atoms with Crippen molar-refractivity contribution >= 4 is 43.7 Å². The van der Waals surface area contributed by atoms with Crippen LogP contribution < -0.4 is 0 Å². The first kappa shape index (κ1) is 19.8. The summed E-state index contributed by atoms with van der Waals surface area (Å²) in [6.45, 7) is 6.69. The molecule has 0 aromatic heterocycles. The summed E-state index contributed by atoms with van der Waals surface area (Å²) in [4.78, 5) is 26.4. The molecule has 6 nitrogen and oxygen atoms in total. The number of sulfone groups is 1. The fraction of sp³-hybridized carbons (Fsp3) is 0.368. The Kier molecular flexibility index (Phi) is 4.84. The first-order valence-electron chi connectivity index (χ1n) is 8.37. The number of nitrogens with zero attached hydrogens (tertiary/aromatic N) is 1. The van der Waals surface area contributed by atoms with Crippen LogP contribution in [0.15, 0.2) is 45.6 Å². The van der Waals surface area contributed by atoms with Gasteiger partial charge in [0.05, 0.1) is 11.3 Å². The number of hydrogen-bond acceptors (Lipinski definition) is 5. The predicted molar refractivity (Wildman–Crippen MR) is 105 cm³/mol. The lowest BCUT2D eigenvalue weighted by molar-refractivity contribution is -0.155. The Morgan fingerprint density at radius 1 is 1.30 bits per heavy atom. The highest BCUT2D eigenvalue weighted by atomic mass is 79.9. The number of hydrogen-bond donors (Lipinski definition) is 0. The molecule has 2 heterocycles. The van der Waals surface area contributed by atoms with E-state index in [0.717, 1.165) is 9.37 Å². The molecule has 1 saturated heterocycles. The molecule has 0 bridgehead atoms. The number of amides is 1. The minimum atomic E-state index is -3.64. The van der Waals surface area contributed by atoms with Crippen molar-refractivity contribution in [2.75, 3.05) is 5.75 Å². The van der Waals surface area contributed by atoms with Gasteiger partial charge in [0.15, 0.2) is 15.2 Å². The van der Waals surface area contributed by atoms with Crippen LogP contribution in [0.25, 0.3) is 6.08 Å². The number of rotatable bonds is 2. The molecule has 0 spiro atoms. The highest BCUT2D eigenvalue weighted by molar-refractivity contribution is 9.10. The van der Waals surface area contributed by atoms with E-state index in [-0.39, 0.29) is 17.0 Å². The molecule has 1 fully saturated rings. The van der Waals surface area contributed by atoms with Crippen molar-refractivity contribution in [2.24, 2.45) is 0 Å². The van der Waals surface area contributed by atoms with Crippen molar-refractivity contribution in [1.82, 2.24) is 4.90 Å². The summed E-state index contributed by atoms with van der Waals surface area (Å²) in [6, 6.07) is 7.20. The number of carbonyl (C=O) groups is 2. The monoisotopic (exact) mass is 453 g/mol. The van der Waals surface area contributed by atoms with E-state index in [0.29, 0.717) is 11.1 Å². The number of fused-ring (bicyclic) bond motifs is 1. The normalized spacial score (nSPS) is 23.1. The van der Waals surface area contributed by atoms with Crippen molar-refractivity contribution in [2.45, 2.75) is 38.7 Å². The summed E-state index contributed by atoms with van der Waals surface area (Å²) in [5, 5.41) is -1.16. The second-order valence-corrected chi connectivity index (χ2v) is 10.5. The molecule has 0 N–H and O–H groups in total. The van der Waals surface area contributed by atoms with E-state index in [4.69, 9.17) is 4.74 Å². The van der Waals surface area contributed by atoms with Gasteiger partial charge in [-0.05, 0) is 51.0 Å². The maximum atomic E-state index is 12.8. The zero-order valence-corrected chi connectivity index (χ0v) is 17.8. The van der Waals surface area contributed by atoms with Gasteiger partial charge in [-0.2, -0.15) is 0 Å². The lowest BCUT2D eigenvalue weighted by Gasteiger charge is -2.45. The minimum absolute atomic E-state index is 0.0269. The Morgan fingerprint density at radius 3 is 2.52 bits per heavy atom. The van der Waals surface area contributed by atoms with Crippen LogP contribution in [-0.4, -0.2) is 41.9 Å². The quantitative estimate of drug-likeness (QED) is 0.390. The lowest BCUT2D eigenvalue weighted by atomic mass is 9.99. The maximum Gasteiger partial charge on any atom is 0.355 e. The minimum Gasteiger partial charge on any atom is -0.455 e. The standard InChI is InChI=1S/C19H20BrNO5S/c1-11-10-27(24,25)17-13(9-12-7-5-6-8-14(12)20)16(22)21(17)15(11)18(23)26-19(2,3)4/h5-9,17H,10H2,1-4H3/b13-9-. The van der Waals surface area contributed by atoms with Crippen LogP contribution >= 0.6 is 15.9 Å². The third-order valence-corrected chi connectivity index (χ3v) is 6.88. The van der Waals surface area contributed by atoms with Gasteiger partial charge < -0.3 is 4.74 Å². The van der Waals surface area contributed by atoms with Crippen LogP contribution in [0.4, 0.5) is 0 Å². The van der Waals surface area contributed by atoms with E-state index in [2.05, 4.69) is 15.9 Å². The van der Waals surface area contributed by atoms with Gasteiger partial charge in [0.25, 0.3) is 5.91 Å². The van der Waals surface area contributed by atoms with Gasteiger partial charge >= 0.3 is 5.97 Å². The van der Waals surface area contributed by atoms with Crippen LogP contribution in [0.3, 0.4) is 0 Å². The Morgan fingerprint density at radius 2 is 1.93 bits per heavy atom. The lowest BCUT2D eigenvalue weighted by Crippen LogP contribution is -2.62. The zero-order valence-electron chi connectivity index (χ0n) is 15.4. The Hall–Kier alpha value is -1.93. The number of β-lactam (4-membered cyclic amide) rings is 1. The van der Waals surface area contributed by atoms with Gasteiger partial charge in [-0.25, -0.2) is 13.2 Å². The van der Waals surface area contributed by atoms with Gasteiger partial charge in [0.1, 0.15) is 11.3 Å². The molecule has 0 radical (unpaired) electrons. The predicted octanol–water partition coefficient (Wildman–Crippen LogP) is 3.04. The summed E-state index contributed by atoms with van der Waals surface area (Å²) in [6.07, 6.45) is 1.55. The molecule has 1 atom stereocenters. The molecule has 1 amide bonds. The fourth-order valence-electron chi connectivity index (χ4n) is 3.14. The third-order valence-electron chi connectivity index (χ3n) is 4.18. The van der Waals surface area contributed by atoms with E-state index >= 15 is 0 Å². The van der Waals surface area contributed by atoms with Crippen molar-refractivity contribution in [1.29, 1.82) is 0 Å². The van der Waals surface area contributed by atoms with Gasteiger partial charge in [-0.3, -0.25) is 9.69 Å². The molecule has 144 valence electrons. The van der Waals surface area contributed by atoms with Crippen LogP contribution in [-0.2, 0) is 24.2 Å². The van der Waals surface area contributed by atoms with Crippen molar-refractivity contribution < 1.29 is 22.7 Å². The molecule has 1 aromatic carbocycles. The van der Waals surface area contributed by atoms with Gasteiger partial charge in [-0.15, -0.1) is 0 Å². The Labute approximate surface area is 166 Å². The number of ether oxygens (including phenoxy) is 1. The largest absolute Gasteiger partial charge is 0.455 e. The Balaban J connectivity index is 2.04. The zero-order chi connectivity index (χ0) is 20.1. The SMILES string of the molecule is CC1=C(C(=O)OC(C)(C)C)N2C(=O)/C(=C/c3ccccc3Br)C2S(=O)(=O)C1. The van der Waals surface area contributed by atoms with Crippen LogP contribution in [0, 0.1) is 0 Å². The number of carbonyl (C=O) groups excluding carboxylic acids is 2. The maximum absolute atomic E-state index is 12.8. The highest BCUT2D eigenvalue weighted by Gasteiger charge is 2.56. The molecule has 27 heavy (non-hydrogen) atoms. The molecular formula is C19H20BrNO5S. The third kappa shape index (κ3) is 3.60. The van der Waals surface area contributed by atoms with Gasteiger partial charge in [-0.1, -0.05) is 34.1 Å². The van der Waals surface area contributed by atoms with E-state index < -0.39 is 32.7 Å².